The molecule has 0 aliphatic carbocycles. The highest BCUT2D eigenvalue weighted by molar-refractivity contribution is 6.07. The molecule has 0 atom stereocenters. The maximum atomic E-state index is 12.3. The zero-order valence-corrected chi connectivity index (χ0v) is 10.4. The van der Waals surface area contributed by atoms with Gasteiger partial charge in [0.2, 0.25) is 0 Å². The van der Waals surface area contributed by atoms with Gasteiger partial charge in [-0.3, -0.25) is 0 Å². The molecule has 0 aromatic heterocycles. The summed E-state index contributed by atoms with van der Waals surface area (Å²) in [6, 6.07) is 9.15. The van der Waals surface area contributed by atoms with Gasteiger partial charge in [-0.2, -0.15) is 18.4 Å². The monoisotopic (exact) mass is 295 g/mol. The van der Waals surface area contributed by atoms with Gasteiger partial charge in [0.1, 0.15) is 11.6 Å². The van der Waals surface area contributed by atoms with Gasteiger partial charge in [0, 0.05) is 5.39 Å². The molecule has 1 N–H and O–H groups in total. The second-order valence-corrected chi connectivity index (χ2v) is 4.17. The van der Waals surface area contributed by atoms with Gasteiger partial charge in [-0.15, -0.1) is 0 Å². The number of aromatic carboxylic acids is 1. The van der Waals surface area contributed by atoms with E-state index in [2.05, 4.69) is 4.74 Å². The van der Waals surface area contributed by atoms with Crippen LogP contribution in [0.2, 0.25) is 0 Å². The molecule has 0 saturated heterocycles. The first-order valence-electron chi connectivity index (χ1n) is 5.72. The third kappa shape index (κ3) is 3.05. The van der Waals surface area contributed by atoms with Crippen molar-refractivity contribution in [2.24, 2.45) is 0 Å². The lowest BCUT2D eigenvalue weighted by atomic mass is 9.99. The van der Waals surface area contributed by atoms with E-state index in [-0.39, 0.29) is 10.9 Å². The molecule has 0 aliphatic heterocycles. The predicted octanol–water partition coefficient (Wildman–Crippen LogP) is 3.35. The van der Waals surface area contributed by atoms with Crippen LogP contribution < -0.4 is 4.74 Å². The van der Waals surface area contributed by atoms with Crippen molar-refractivity contribution in [1.82, 2.24) is 0 Å². The van der Waals surface area contributed by atoms with Gasteiger partial charge < -0.3 is 9.84 Å². The summed E-state index contributed by atoms with van der Waals surface area (Å²) in [5, 5.41) is 18.9. The molecule has 2 rings (SSSR count). The summed E-state index contributed by atoms with van der Waals surface area (Å²) in [5.41, 5.74) is -0.704. The van der Waals surface area contributed by atoms with Crippen molar-refractivity contribution < 1.29 is 27.8 Å². The van der Waals surface area contributed by atoms with E-state index >= 15 is 0 Å². The minimum absolute atomic E-state index is 0.209. The second-order valence-electron chi connectivity index (χ2n) is 4.17. The van der Waals surface area contributed by atoms with Gasteiger partial charge in [-0.05, 0) is 11.5 Å². The Morgan fingerprint density at radius 2 is 2.00 bits per heavy atom. The van der Waals surface area contributed by atoms with Crippen molar-refractivity contribution in [2.75, 3.05) is 6.61 Å². The van der Waals surface area contributed by atoms with Crippen LogP contribution in [0.5, 0.6) is 5.75 Å². The Morgan fingerprint density at radius 3 is 2.57 bits per heavy atom. The van der Waals surface area contributed by atoms with Crippen molar-refractivity contribution in [3.63, 3.8) is 0 Å². The molecule has 0 fully saturated rings. The van der Waals surface area contributed by atoms with Crippen LogP contribution in [-0.4, -0.2) is 23.9 Å². The minimum atomic E-state index is -4.63. The highest BCUT2D eigenvalue weighted by atomic mass is 19.4. The number of carbonyl (C=O) groups is 1. The Bertz CT molecular complexity index is 747. The van der Waals surface area contributed by atoms with Crippen LogP contribution in [0.1, 0.15) is 15.9 Å². The van der Waals surface area contributed by atoms with Crippen LogP contribution in [0.15, 0.2) is 30.3 Å². The zero-order valence-electron chi connectivity index (χ0n) is 10.4. The molecule has 108 valence electrons. The van der Waals surface area contributed by atoms with Gasteiger partial charge in [0.05, 0.1) is 5.56 Å². The largest absolute Gasteiger partial charge is 0.482 e. The number of carboxylic acid groups (broad SMARTS) is 1. The van der Waals surface area contributed by atoms with Crippen molar-refractivity contribution in [2.45, 2.75) is 6.18 Å². The summed E-state index contributed by atoms with van der Waals surface area (Å²) < 4.78 is 41.4. The highest BCUT2D eigenvalue weighted by Crippen LogP contribution is 2.33. The van der Waals surface area contributed by atoms with Crippen LogP contribution in [-0.2, 0) is 0 Å². The number of ether oxygens (including phenoxy) is 1. The number of halogens is 3. The van der Waals surface area contributed by atoms with Crippen molar-refractivity contribution in [3.05, 3.63) is 41.5 Å². The number of nitriles is 1. The average Bonchev–Trinajstić information content (AvgIpc) is 2.42. The fourth-order valence-corrected chi connectivity index (χ4v) is 1.93. The SMILES string of the molecule is N#Cc1cc2ccccc2c(C(=O)O)c1OCC(F)(F)F. The van der Waals surface area contributed by atoms with E-state index in [9.17, 15) is 23.1 Å². The van der Waals surface area contributed by atoms with Gasteiger partial charge in [-0.25, -0.2) is 4.79 Å². The Kier molecular flexibility index (Phi) is 3.72. The number of rotatable bonds is 3. The Labute approximate surface area is 117 Å². The standard InChI is InChI=1S/C14H8F3NO3/c15-14(16,17)7-21-12-9(6-18)5-8-3-1-2-4-10(8)11(12)13(19)20/h1-5H,7H2,(H,19,20). The van der Waals surface area contributed by atoms with Crippen LogP contribution in [0.4, 0.5) is 13.2 Å². The van der Waals surface area contributed by atoms with E-state index in [1.807, 2.05) is 0 Å². The molecular weight excluding hydrogens is 287 g/mol. The average molecular weight is 295 g/mol. The van der Waals surface area contributed by atoms with Crippen molar-refractivity contribution in [3.8, 4) is 11.8 Å². The number of fused-ring (bicyclic) bond motifs is 1. The summed E-state index contributed by atoms with van der Waals surface area (Å²) in [6.45, 7) is -1.67. The molecular formula is C14H8F3NO3. The topological polar surface area (TPSA) is 70.3 Å². The summed E-state index contributed by atoms with van der Waals surface area (Å²) in [5.74, 6) is -2.03. The van der Waals surface area contributed by atoms with E-state index < -0.39 is 30.1 Å². The number of nitrogens with zero attached hydrogens (tertiary/aromatic N) is 1. The third-order valence-corrected chi connectivity index (χ3v) is 2.72. The Balaban J connectivity index is 2.68. The molecule has 0 saturated carbocycles. The van der Waals surface area contributed by atoms with E-state index in [1.54, 1.807) is 24.3 Å². The van der Waals surface area contributed by atoms with Crippen molar-refractivity contribution in [1.29, 1.82) is 5.26 Å². The van der Waals surface area contributed by atoms with Crippen LogP contribution >= 0.6 is 0 Å². The predicted molar refractivity (Wildman–Crippen MR) is 67.2 cm³/mol. The number of alkyl halides is 3. The first-order valence-corrected chi connectivity index (χ1v) is 5.72. The third-order valence-electron chi connectivity index (χ3n) is 2.72. The molecule has 21 heavy (non-hydrogen) atoms. The van der Waals surface area contributed by atoms with E-state index in [0.717, 1.165) is 0 Å². The summed E-state index contributed by atoms with van der Waals surface area (Å²) in [7, 11) is 0. The summed E-state index contributed by atoms with van der Waals surface area (Å²) >= 11 is 0. The maximum absolute atomic E-state index is 12.3. The van der Waals surface area contributed by atoms with Gasteiger partial charge in [0.15, 0.2) is 12.4 Å². The van der Waals surface area contributed by atoms with Crippen LogP contribution in [0.3, 0.4) is 0 Å². The minimum Gasteiger partial charge on any atom is -0.482 e. The maximum Gasteiger partial charge on any atom is 0.422 e. The molecule has 4 nitrogen and oxygen atoms in total. The van der Waals surface area contributed by atoms with Crippen molar-refractivity contribution >= 4 is 16.7 Å². The molecule has 0 aliphatic rings. The van der Waals surface area contributed by atoms with E-state index in [0.29, 0.717) is 5.39 Å². The van der Waals surface area contributed by atoms with Gasteiger partial charge in [0.25, 0.3) is 0 Å². The lowest BCUT2D eigenvalue weighted by molar-refractivity contribution is -0.153. The van der Waals surface area contributed by atoms with E-state index in [4.69, 9.17) is 5.26 Å². The molecule has 0 spiro atoms. The van der Waals surface area contributed by atoms with Gasteiger partial charge >= 0.3 is 12.1 Å². The molecule has 0 unspecified atom stereocenters. The molecule has 0 heterocycles. The molecule has 7 heteroatoms. The molecule has 0 radical (unpaired) electrons. The zero-order chi connectivity index (χ0) is 15.6. The Hall–Kier alpha value is -2.75. The van der Waals surface area contributed by atoms with Gasteiger partial charge in [-0.1, -0.05) is 24.3 Å². The fourth-order valence-electron chi connectivity index (χ4n) is 1.93. The summed E-state index contributed by atoms with van der Waals surface area (Å²) in [4.78, 5) is 11.4. The first-order chi connectivity index (χ1) is 9.83. The molecule has 0 bridgehead atoms. The molecule has 2 aromatic rings. The van der Waals surface area contributed by atoms with Crippen LogP contribution in [0, 0.1) is 11.3 Å². The number of hydrogen-bond acceptors (Lipinski definition) is 3. The number of benzene rings is 2. The lowest BCUT2D eigenvalue weighted by Crippen LogP contribution is -2.21. The number of hydrogen-bond donors (Lipinski definition) is 1. The normalized spacial score (nSPS) is 11.1. The smallest absolute Gasteiger partial charge is 0.422 e. The molecule has 0 amide bonds. The quantitative estimate of drug-likeness (QED) is 0.942. The first kappa shape index (κ1) is 14.7. The second kappa shape index (κ2) is 5.32. The summed E-state index contributed by atoms with van der Waals surface area (Å²) in [6.07, 6.45) is -4.63. The Morgan fingerprint density at radius 1 is 1.33 bits per heavy atom. The number of carboxylic acids is 1. The fraction of sp³-hybridized carbons (Fsp3) is 0.143. The lowest BCUT2D eigenvalue weighted by Gasteiger charge is -2.14. The molecule has 2 aromatic carbocycles. The van der Waals surface area contributed by atoms with Crippen LogP contribution in [0.25, 0.3) is 10.8 Å². The highest BCUT2D eigenvalue weighted by Gasteiger charge is 2.30. The van der Waals surface area contributed by atoms with E-state index in [1.165, 1.54) is 12.1 Å².